The highest BCUT2D eigenvalue weighted by Gasteiger charge is 2.08. The normalized spacial score (nSPS) is 12.4. The topological polar surface area (TPSA) is 12.9 Å². The van der Waals surface area contributed by atoms with Crippen LogP contribution in [0.2, 0.25) is 0 Å². The van der Waals surface area contributed by atoms with Crippen molar-refractivity contribution >= 4 is 22.5 Å². The van der Waals surface area contributed by atoms with Gasteiger partial charge in [0.1, 0.15) is 0 Å². The summed E-state index contributed by atoms with van der Waals surface area (Å²) in [5.41, 5.74) is 3.46. The van der Waals surface area contributed by atoms with Crippen molar-refractivity contribution in [3.05, 3.63) is 78.0 Å². The van der Waals surface area contributed by atoms with Crippen LogP contribution in [0.25, 0.3) is 10.9 Å². The molecule has 0 aliphatic carbocycles. The highest BCUT2D eigenvalue weighted by molar-refractivity contribution is 6.20. The van der Waals surface area contributed by atoms with Crippen molar-refractivity contribution in [3.63, 3.8) is 0 Å². The van der Waals surface area contributed by atoms with Crippen LogP contribution in [0.1, 0.15) is 17.7 Å². The smallest absolute Gasteiger partial charge is 0.0705 e. The molecule has 0 saturated heterocycles. The van der Waals surface area contributed by atoms with Gasteiger partial charge in [-0.25, -0.2) is 0 Å². The lowest BCUT2D eigenvalue weighted by atomic mass is 10.1. The Balaban J connectivity index is 1.62. The van der Waals surface area contributed by atoms with Crippen LogP contribution >= 0.6 is 11.6 Å². The fourth-order valence-corrected chi connectivity index (χ4v) is 2.79. The summed E-state index contributed by atoms with van der Waals surface area (Å²) < 4.78 is 0. The minimum absolute atomic E-state index is 0.124. The SMILES string of the molecule is ClC(CCc1ccccc1)Cc1ccc2ccccc2n1. The second-order valence-electron chi connectivity index (χ2n) is 5.32. The van der Waals surface area contributed by atoms with E-state index in [1.807, 2.05) is 24.3 Å². The number of rotatable bonds is 5. The number of benzene rings is 2. The van der Waals surface area contributed by atoms with E-state index < -0.39 is 0 Å². The van der Waals surface area contributed by atoms with Crippen LogP contribution in [0.4, 0.5) is 0 Å². The number of pyridine rings is 1. The molecule has 1 heterocycles. The lowest BCUT2D eigenvalue weighted by molar-refractivity contribution is 0.734. The van der Waals surface area contributed by atoms with Crippen molar-refractivity contribution in [3.8, 4) is 0 Å². The molecule has 0 spiro atoms. The van der Waals surface area contributed by atoms with Gasteiger partial charge in [-0.05, 0) is 30.5 Å². The molecule has 0 saturated carbocycles. The molecule has 2 heteroatoms. The van der Waals surface area contributed by atoms with Crippen molar-refractivity contribution in [2.24, 2.45) is 0 Å². The van der Waals surface area contributed by atoms with E-state index in [-0.39, 0.29) is 5.38 Å². The molecule has 3 aromatic rings. The number of alkyl halides is 1. The third-order valence-corrected chi connectivity index (χ3v) is 4.05. The maximum Gasteiger partial charge on any atom is 0.0705 e. The number of para-hydroxylation sites is 1. The number of hydrogen-bond donors (Lipinski definition) is 0. The maximum absolute atomic E-state index is 6.48. The van der Waals surface area contributed by atoms with Gasteiger partial charge < -0.3 is 0 Å². The lowest BCUT2D eigenvalue weighted by Gasteiger charge is -2.09. The van der Waals surface area contributed by atoms with Gasteiger partial charge in [0.2, 0.25) is 0 Å². The zero-order valence-corrected chi connectivity index (χ0v) is 12.6. The van der Waals surface area contributed by atoms with Gasteiger partial charge in [-0.3, -0.25) is 4.98 Å². The van der Waals surface area contributed by atoms with Crippen molar-refractivity contribution in [1.29, 1.82) is 0 Å². The first-order valence-electron chi connectivity index (χ1n) is 7.34. The second kappa shape index (κ2) is 6.73. The van der Waals surface area contributed by atoms with Crippen LogP contribution in [0.15, 0.2) is 66.7 Å². The van der Waals surface area contributed by atoms with Gasteiger partial charge in [0, 0.05) is 22.9 Å². The van der Waals surface area contributed by atoms with Crippen LogP contribution < -0.4 is 0 Å². The van der Waals surface area contributed by atoms with E-state index in [9.17, 15) is 0 Å². The van der Waals surface area contributed by atoms with Crippen LogP contribution in [-0.2, 0) is 12.8 Å². The predicted molar refractivity (Wildman–Crippen MR) is 89.9 cm³/mol. The number of aryl methyl sites for hydroxylation is 1. The minimum Gasteiger partial charge on any atom is -0.253 e. The fraction of sp³-hybridized carbons (Fsp3) is 0.211. The van der Waals surface area contributed by atoms with Crippen molar-refractivity contribution in [2.45, 2.75) is 24.6 Å². The third-order valence-electron chi connectivity index (χ3n) is 3.68. The molecular formula is C19H18ClN. The van der Waals surface area contributed by atoms with Crippen LogP contribution in [-0.4, -0.2) is 10.4 Å². The largest absolute Gasteiger partial charge is 0.253 e. The Labute approximate surface area is 130 Å². The highest BCUT2D eigenvalue weighted by Crippen LogP contribution is 2.17. The van der Waals surface area contributed by atoms with E-state index in [2.05, 4.69) is 47.4 Å². The Kier molecular flexibility index (Phi) is 4.52. The first kappa shape index (κ1) is 14.1. The van der Waals surface area contributed by atoms with Crippen LogP contribution in [0, 0.1) is 0 Å². The molecule has 0 bridgehead atoms. The second-order valence-corrected chi connectivity index (χ2v) is 5.94. The Morgan fingerprint density at radius 3 is 2.48 bits per heavy atom. The van der Waals surface area contributed by atoms with Gasteiger partial charge in [-0.1, -0.05) is 54.6 Å². The van der Waals surface area contributed by atoms with Gasteiger partial charge >= 0.3 is 0 Å². The Hall–Kier alpha value is -1.86. The monoisotopic (exact) mass is 295 g/mol. The Morgan fingerprint density at radius 1 is 0.857 bits per heavy atom. The Bertz CT molecular complexity index is 709. The van der Waals surface area contributed by atoms with E-state index in [1.54, 1.807) is 0 Å². The Morgan fingerprint density at radius 2 is 1.62 bits per heavy atom. The van der Waals surface area contributed by atoms with E-state index in [0.29, 0.717) is 0 Å². The van der Waals surface area contributed by atoms with Gasteiger partial charge in [0.05, 0.1) is 5.52 Å². The lowest BCUT2D eigenvalue weighted by Crippen LogP contribution is -2.06. The predicted octanol–water partition coefficient (Wildman–Crippen LogP) is 5.02. The fourth-order valence-electron chi connectivity index (χ4n) is 2.52. The molecule has 21 heavy (non-hydrogen) atoms. The molecule has 0 amide bonds. The molecule has 1 unspecified atom stereocenters. The van der Waals surface area contributed by atoms with E-state index in [4.69, 9.17) is 11.6 Å². The first-order chi connectivity index (χ1) is 10.3. The summed E-state index contributed by atoms with van der Waals surface area (Å²) in [5.74, 6) is 0. The van der Waals surface area contributed by atoms with E-state index >= 15 is 0 Å². The molecule has 3 rings (SSSR count). The molecule has 1 nitrogen and oxygen atoms in total. The molecular weight excluding hydrogens is 278 g/mol. The summed E-state index contributed by atoms with van der Waals surface area (Å²) in [6.07, 6.45) is 2.81. The first-order valence-corrected chi connectivity index (χ1v) is 7.77. The molecule has 0 radical (unpaired) electrons. The summed E-state index contributed by atoms with van der Waals surface area (Å²) >= 11 is 6.48. The molecule has 1 atom stereocenters. The molecule has 2 aromatic carbocycles. The van der Waals surface area contributed by atoms with Crippen molar-refractivity contribution in [1.82, 2.24) is 4.98 Å². The highest BCUT2D eigenvalue weighted by atomic mass is 35.5. The van der Waals surface area contributed by atoms with Gasteiger partial charge in [0.25, 0.3) is 0 Å². The summed E-state index contributed by atoms with van der Waals surface area (Å²) in [6, 6.07) is 22.9. The van der Waals surface area contributed by atoms with Gasteiger partial charge in [-0.2, -0.15) is 0 Å². The molecule has 0 aliphatic heterocycles. The number of fused-ring (bicyclic) bond motifs is 1. The maximum atomic E-state index is 6.48. The molecule has 1 aromatic heterocycles. The summed E-state index contributed by atoms with van der Waals surface area (Å²) in [5, 5.41) is 1.30. The van der Waals surface area contributed by atoms with E-state index in [0.717, 1.165) is 30.5 Å². The van der Waals surface area contributed by atoms with E-state index in [1.165, 1.54) is 10.9 Å². The molecule has 0 aliphatic rings. The zero-order valence-electron chi connectivity index (χ0n) is 11.9. The molecule has 0 N–H and O–H groups in total. The summed E-state index contributed by atoms with van der Waals surface area (Å²) in [7, 11) is 0. The van der Waals surface area contributed by atoms with Crippen LogP contribution in [0.3, 0.4) is 0 Å². The standard InChI is InChI=1S/C19H18ClN/c20-17(12-10-15-6-2-1-3-7-15)14-18-13-11-16-8-4-5-9-19(16)21-18/h1-9,11,13,17H,10,12,14H2. The zero-order chi connectivity index (χ0) is 14.5. The average molecular weight is 296 g/mol. The summed E-state index contributed by atoms with van der Waals surface area (Å²) in [6.45, 7) is 0. The summed E-state index contributed by atoms with van der Waals surface area (Å²) in [4.78, 5) is 4.69. The van der Waals surface area contributed by atoms with Crippen molar-refractivity contribution < 1.29 is 0 Å². The number of halogens is 1. The minimum atomic E-state index is 0.124. The average Bonchev–Trinajstić information content (AvgIpc) is 2.54. The number of hydrogen-bond acceptors (Lipinski definition) is 1. The van der Waals surface area contributed by atoms with Gasteiger partial charge in [-0.15, -0.1) is 11.6 Å². The van der Waals surface area contributed by atoms with Crippen molar-refractivity contribution in [2.75, 3.05) is 0 Å². The van der Waals surface area contributed by atoms with Crippen LogP contribution in [0.5, 0.6) is 0 Å². The number of aromatic nitrogens is 1. The quantitative estimate of drug-likeness (QED) is 0.602. The van der Waals surface area contributed by atoms with Gasteiger partial charge in [0.15, 0.2) is 0 Å². The molecule has 0 fully saturated rings. The number of nitrogens with zero attached hydrogens (tertiary/aromatic N) is 1. The third kappa shape index (κ3) is 3.83. The molecule has 106 valence electrons.